The Labute approximate surface area is 94.0 Å². The fourth-order valence-electron chi connectivity index (χ4n) is 0.600. The topological polar surface area (TPSA) is 69.0 Å². The Morgan fingerprint density at radius 2 is 0.867 bits per heavy atom. The van der Waals surface area contributed by atoms with Gasteiger partial charge < -0.3 is 24.7 Å². The molecule has 0 saturated carbocycles. The highest BCUT2D eigenvalue weighted by Crippen LogP contribution is 1.85. The molecule has 0 aliphatic heterocycles. The summed E-state index contributed by atoms with van der Waals surface area (Å²) in [7, 11) is 12.3. The molecule has 0 atom stereocenters. The number of nitrogens with zero attached hydrogens (tertiary/aromatic N) is 2. The van der Waals surface area contributed by atoms with E-state index in [2.05, 4.69) is 42.3 Å². The monoisotopic (exact) mass is 224 g/mol. The van der Waals surface area contributed by atoms with Crippen molar-refractivity contribution in [1.82, 2.24) is 0 Å². The zero-order chi connectivity index (χ0) is 11.8. The molecular weight excluding hydrogens is 196 g/mol. The highest BCUT2D eigenvalue weighted by molar-refractivity contribution is 4.19. The Bertz CT molecular complexity index is 112. The number of aliphatic hydroxyl groups is 2. The smallest absolute Gasteiger partial charge is 0.101 e. The zero-order valence-electron chi connectivity index (χ0n) is 11.0. The lowest BCUT2D eigenvalue weighted by Gasteiger charge is -2.21. The van der Waals surface area contributed by atoms with Gasteiger partial charge in [0.05, 0.1) is 55.5 Å². The molecule has 5 heteroatoms. The average molecular weight is 224 g/mol. The molecule has 0 saturated heterocycles. The van der Waals surface area contributed by atoms with Gasteiger partial charge in [-0.1, -0.05) is 0 Å². The quantitative estimate of drug-likeness (QED) is 0.617. The molecule has 0 aromatic carbocycles. The van der Waals surface area contributed by atoms with Gasteiger partial charge in [-0.15, -0.1) is 0 Å². The molecule has 0 aliphatic rings. The van der Waals surface area contributed by atoms with Crippen LogP contribution in [0.2, 0.25) is 0 Å². The Morgan fingerprint density at radius 1 is 0.667 bits per heavy atom. The molecule has 0 amide bonds. The summed E-state index contributed by atoms with van der Waals surface area (Å²) in [5.41, 5.74) is 0. The molecule has 0 radical (unpaired) electrons. The summed E-state index contributed by atoms with van der Waals surface area (Å²) in [6.45, 7) is 2.23. The maximum absolute atomic E-state index is 8.39. The molecule has 0 fully saturated rings. The van der Waals surface area contributed by atoms with Gasteiger partial charge in [0.15, 0.2) is 0 Å². The van der Waals surface area contributed by atoms with Crippen molar-refractivity contribution in [3.63, 3.8) is 0 Å². The van der Waals surface area contributed by atoms with E-state index in [0.29, 0.717) is 0 Å². The average Bonchev–Trinajstić information content (AvgIpc) is 1.81. The summed E-state index contributed by atoms with van der Waals surface area (Å²) >= 11 is 0. The van der Waals surface area contributed by atoms with E-state index in [0.717, 1.165) is 22.1 Å². The lowest BCUT2D eigenvalue weighted by Crippen LogP contribution is -2.36. The highest BCUT2D eigenvalue weighted by Gasteiger charge is 2.02. The lowest BCUT2D eigenvalue weighted by atomic mass is 10.5. The molecule has 0 heterocycles. The first-order valence-electron chi connectivity index (χ1n) is 4.95. The molecule has 96 valence electrons. The second kappa shape index (κ2) is 9.06. The van der Waals surface area contributed by atoms with Crippen LogP contribution in [0, 0.1) is 0 Å². The number of quaternary nitrogens is 2. The van der Waals surface area contributed by atoms with Gasteiger partial charge in [-0.2, -0.15) is 0 Å². The van der Waals surface area contributed by atoms with Gasteiger partial charge in [-0.25, -0.2) is 0 Å². The minimum Gasteiger partial charge on any atom is -2.00 e. The van der Waals surface area contributed by atoms with E-state index >= 15 is 0 Å². The van der Waals surface area contributed by atoms with Crippen molar-refractivity contribution < 1.29 is 24.7 Å². The number of aliphatic hydroxyl groups excluding tert-OH is 2. The first kappa shape index (κ1) is 20.2. The zero-order valence-corrected chi connectivity index (χ0v) is 11.0. The van der Waals surface area contributed by atoms with E-state index in [1.807, 2.05) is 0 Å². The van der Waals surface area contributed by atoms with Crippen molar-refractivity contribution in [3.8, 4) is 0 Å². The number of rotatable bonds is 4. The standard InChI is InChI=1S/2C5H14NO.O/c2*1-6(2,3)4-5-7;/h2*7H,4-5H2,1-3H3;/q2*+1;-2. The van der Waals surface area contributed by atoms with Crippen molar-refractivity contribution >= 4 is 0 Å². The van der Waals surface area contributed by atoms with Gasteiger partial charge >= 0.3 is 0 Å². The van der Waals surface area contributed by atoms with Gasteiger partial charge in [0.1, 0.15) is 13.1 Å². The second-order valence-corrected chi connectivity index (χ2v) is 5.48. The molecule has 0 aromatic heterocycles. The van der Waals surface area contributed by atoms with Crippen LogP contribution in [0.3, 0.4) is 0 Å². The Balaban J connectivity index is -0.000000180. The van der Waals surface area contributed by atoms with Gasteiger partial charge in [0, 0.05) is 0 Å². The van der Waals surface area contributed by atoms with Crippen LogP contribution >= 0.6 is 0 Å². The van der Waals surface area contributed by atoms with Crippen LogP contribution < -0.4 is 0 Å². The Kier molecular flexibility index (Phi) is 12.2. The van der Waals surface area contributed by atoms with Crippen LogP contribution in [0.4, 0.5) is 0 Å². The fraction of sp³-hybridized carbons (Fsp3) is 1.00. The fourth-order valence-corrected chi connectivity index (χ4v) is 0.600. The summed E-state index contributed by atoms with van der Waals surface area (Å²) in [5.74, 6) is 0. The maximum Gasteiger partial charge on any atom is 0.101 e. The molecular formula is C10H28N2O3. The third-order valence-electron chi connectivity index (χ3n) is 1.54. The summed E-state index contributed by atoms with van der Waals surface area (Å²) in [4.78, 5) is 0. The maximum atomic E-state index is 8.39. The molecule has 0 rings (SSSR count). The van der Waals surface area contributed by atoms with Crippen molar-refractivity contribution in [2.45, 2.75) is 0 Å². The Hall–Kier alpha value is -0.200. The van der Waals surface area contributed by atoms with Gasteiger partial charge in [-0.05, 0) is 0 Å². The first-order chi connectivity index (χ1) is 6.12. The molecule has 0 aromatic rings. The number of likely N-dealkylation sites (N-methyl/N-ethyl adjacent to an activating group) is 2. The van der Waals surface area contributed by atoms with Gasteiger partial charge in [-0.3, -0.25) is 0 Å². The third kappa shape index (κ3) is 31.6. The van der Waals surface area contributed by atoms with Crippen LogP contribution in [0.25, 0.3) is 0 Å². The molecule has 15 heavy (non-hydrogen) atoms. The van der Waals surface area contributed by atoms with Crippen molar-refractivity contribution in [2.24, 2.45) is 0 Å². The highest BCUT2D eigenvalue weighted by atomic mass is 16.3. The van der Waals surface area contributed by atoms with Crippen molar-refractivity contribution in [3.05, 3.63) is 0 Å². The lowest BCUT2D eigenvalue weighted by molar-refractivity contribution is -0.870. The third-order valence-corrected chi connectivity index (χ3v) is 1.54. The Morgan fingerprint density at radius 3 is 0.867 bits per heavy atom. The molecule has 5 nitrogen and oxygen atoms in total. The number of hydrogen-bond acceptors (Lipinski definition) is 2. The van der Waals surface area contributed by atoms with E-state index in [-0.39, 0.29) is 18.7 Å². The second-order valence-electron chi connectivity index (χ2n) is 5.48. The molecule has 0 spiro atoms. The molecule has 0 bridgehead atoms. The van der Waals surface area contributed by atoms with E-state index in [1.54, 1.807) is 0 Å². The van der Waals surface area contributed by atoms with E-state index in [4.69, 9.17) is 10.2 Å². The summed E-state index contributed by atoms with van der Waals surface area (Å²) in [5, 5.41) is 16.8. The van der Waals surface area contributed by atoms with E-state index in [9.17, 15) is 0 Å². The van der Waals surface area contributed by atoms with Gasteiger partial charge in [0.2, 0.25) is 0 Å². The van der Waals surface area contributed by atoms with Crippen LogP contribution in [-0.4, -0.2) is 87.8 Å². The molecule has 0 aliphatic carbocycles. The first-order valence-corrected chi connectivity index (χ1v) is 4.95. The van der Waals surface area contributed by atoms with Crippen LogP contribution in [0.15, 0.2) is 0 Å². The van der Waals surface area contributed by atoms with Gasteiger partial charge in [0.25, 0.3) is 0 Å². The van der Waals surface area contributed by atoms with Crippen LogP contribution in [0.1, 0.15) is 0 Å². The van der Waals surface area contributed by atoms with Crippen molar-refractivity contribution in [1.29, 1.82) is 0 Å². The SMILES string of the molecule is C[N+](C)(C)CCO.C[N+](C)(C)CCO.[O-2]. The normalized spacial score (nSPS) is 11.2. The summed E-state index contributed by atoms with van der Waals surface area (Å²) in [6.07, 6.45) is 0. The predicted octanol–water partition coefficient (Wildman–Crippen LogP) is -0.749. The molecule has 0 unspecified atom stereocenters. The minimum absolute atomic E-state index is 0. The van der Waals surface area contributed by atoms with E-state index < -0.39 is 0 Å². The van der Waals surface area contributed by atoms with Crippen molar-refractivity contribution in [2.75, 3.05) is 68.6 Å². The summed E-state index contributed by atoms with van der Waals surface area (Å²) in [6, 6.07) is 0. The van der Waals surface area contributed by atoms with Crippen LogP contribution in [0.5, 0.6) is 0 Å². The summed E-state index contributed by atoms with van der Waals surface area (Å²) < 4.78 is 1.69. The van der Waals surface area contributed by atoms with Crippen LogP contribution in [-0.2, 0) is 5.48 Å². The number of hydrogen-bond donors (Lipinski definition) is 2. The van der Waals surface area contributed by atoms with E-state index in [1.165, 1.54) is 0 Å². The molecule has 2 N–H and O–H groups in total. The predicted molar refractivity (Wildman–Crippen MR) is 60.7 cm³/mol. The largest absolute Gasteiger partial charge is 2.00 e. The minimum atomic E-state index is 0.